The third-order valence-corrected chi connectivity index (χ3v) is 11.1. The van der Waals surface area contributed by atoms with Crippen molar-refractivity contribution in [1.82, 2.24) is 0 Å². The molecule has 0 aromatic carbocycles. The molecule has 2 bridgehead atoms. The molecule has 3 nitrogen and oxygen atoms in total. The van der Waals surface area contributed by atoms with Crippen molar-refractivity contribution in [3.63, 3.8) is 0 Å². The molecule has 31 heavy (non-hydrogen) atoms. The Morgan fingerprint density at radius 2 is 1.74 bits per heavy atom. The van der Waals surface area contributed by atoms with Crippen molar-refractivity contribution < 1.29 is 14.9 Å². The summed E-state index contributed by atoms with van der Waals surface area (Å²) in [5.41, 5.74) is -0.275. The van der Waals surface area contributed by atoms with Crippen LogP contribution in [0, 0.1) is 40.4 Å². The second kappa shape index (κ2) is 7.57. The molecule has 2 heterocycles. The summed E-state index contributed by atoms with van der Waals surface area (Å²) in [7, 11) is 0. The van der Waals surface area contributed by atoms with Gasteiger partial charge in [0.2, 0.25) is 0 Å². The van der Waals surface area contributed by atoms with Crippen molar-refractivity contribution in [2.45, 2.75) is 123 Å². The molecular weight excluding hydrogens is 384 g/mol. The molecular formula is C28H46O3. The fourth-order valence-corrected chi connectivity index (χ4v) is 9.32. The van der Waals surface area contributed by atoms with E-state index in [9.17, 15) is 5.11 Å². The maximum absolute atomic E-state index is 10.4. The quantitative estimate of drug-likeness (QED) is 0.383. The molecule has 176 valence electrons. The van der Waals surface area contributed by atoms with Gasteiger partial charge in [0.15, 0.2) is 0 Å². The van der Waals surface area contributed by atoms with E-state index >= 15 is 0 Å². The van der Waals surface area contributed by atoms with Gasteiger partial charge in [-0.1, -0.05) is 66.4 Å². The third kappa shape index (κ3) is 3.08. The zero-order chi connectivity index (χ0) is 22.1. The minimum Gasteiger partial charge on any atom is -0.393 e. The Hall–Kier alpha value is -0.380. The van der Waals surface area contributed by atoms with Gasteiger partial charge in [0.05, 0.1) is 6.10 Å². The minimum atomic E-state index is -0.428. The minimum absolute atomic E-state index is 0.0797. The zero-order valence-corrected chi connectivity index (χ0v) is 20.7. The van der Waals surface area contributed by atoms with Gasteiger partial charge in [-0.25, -0.2) is 9.78 Å². The Kier molecular flexibility index (Phi) is 5.47. The third-order valence-electron chi connectivity index (χ3n) is 11.1. The summed E-state index contributed by atoms with van der Waals surface area (Å²) in [5, 5.41) is 10.4. The molecule has 3 heteroatoms. The highest BCUT2D eigenvalue weighted by molar-refractivity contribution is 5.32. The Labute approximate surface area is 190 Å². The summed E-state index contributed by atoms with van der Waals surface area (Å²) in [4.78, 5) is 12.9. The maximum Gasteiger partial charge on any atom is 0.130 e. The molecule has 0 radical (unpaired) electrons. The molecule has 6 aliphatic rings. The standard InChI is InChI=1S/C28H46O3/c1-19(2)8-6-9-20(3)22-10-7-11-23-25(22,4)14-13-24-26(5)15-12-21(29)18-27(26)16-17-28(23,24)31-30-27/h16-17,19-24,29H,6-15,18H2,1-5H3. The van der Waals surface area contributed by atoms with E-state index in [1.165, 1.54) is 51.4 Å². The molecule has 4 fully saturated rings. The average molecular weight is 431 g/mol. The van der Waals surface area contributed by atoms with Crippen LogP contribution in [-0.2, 0) is 9.78 Å². The Balaban J connectivity index is 1.44. The Morgan fingerprint density at radius 1 is 0.935 bits per heavy atom. The van der Waals surface area contributed by atoms with Crippen LogP contribution >= 0.6 is 0 Å². The fourth-order valence-electron chi connectivity index (χ4n) is 9.32. The first-order valence-corrected chi connectivity index (χ1v) is 13.4. The lowest BCUT2D eigenvalue weighted by atomic mass is 9.39. The molecule has 0 aromatic heterocycles. The van der Waals surface area contributed by atoms with E-state index in [4.69, 9.17) is 9.78 Å². The van der Waals surface area contributed by atoms with E-state index in [1.54, 1.807) is 0 Å². The number of fused-ring (bicyclic) bond motifs is 2. The molecule has 0 aromatic rings. The normalized spacial score (nSPS) is 51.8. The summed E-state index contributed by atoms with van der Waals surface area (Å²) >= 11 is 0. The van der Waals surface area contributed by atoms with Crippen LogP contribution in [-0.4, -0.2) is 22.4 Å². The SMILES string of the molecule is CC(C)CCCC(C)C1CCCC2C1(C)CCC1C23C=CC2(CC(O)CCC12C)OO3. The van der Waals surface area contributed by atoms with Crippen LogP contribution < -0.4 is 0 Å². The van der Waals surface area contributed by atoms with Gasteiger partial charge in [-0.3, -0.25) is 0 Å². The Morgan fingerprint density at radius 3 is 2.45 bits per heavy atom. The molecule has 6 rings (SSSR count). The van der Waals surface area contributed by atoms with E-state index in [-0.39, 0.29) is 17.1 Å². The zero-order valence-electron chi connectivity index (χ0n) is 20.7. The van der Waals surface area contributed by atoms with Gasteiger partial charge < -0.3 is 5.11 Å². The van der Waals surface area contributed by atoms with Crippen molar-refractivity contribution in [2.75, 3.05) is 0 Å². The number of rotatable bonds is 5. The second-order valence-electron chi connectivity index (χ2n) is 13.0. The number of aliphatic hydroxyl groups excluding tert-OH is 1. The van der Waals surface area contributed by atoms with Gasteiger partial charge >= 0.3 is 0 Å². The first-order valence-electron chi connectivity index (χ1n) is 13.4. The molecule has 2 spiro atoms. The van der Waals surface area contributed by atoms with Crippen LogP contribution in [0.1, 0.15) is 105 Å². The van der Waals surface area contributed by atoms with Crippen molar-refractivity contribution in [3.05, 3.63) is 12.2 Å². The van der Waals surface area contributed by atoms with Crippen molar-refractivity contribution >= 4 is 0 Å². The lowest BCUT2D eigenvalue weighted by molar-refractivity contribution is -0.500. The average Bonchev–Trinajstić information content (AvgIpc) is 2.72. The highest BCUT2D eigenvalue weighted by Gasteiger charge is 2.73. The van der Waals surface area contributed by atoms with Crippen molar-refractivity contribution in [2.24, 2.45) is 40.4 Å². The first kappa shape index (κ1) is 22.4. The molecule has 3 saturated carbocycles. The van der Waals surface area contributed by atoms with Crippen LogP contribution in [0.5, 0.6) is 0 Å². The molecule has 9 atom stereocenters. The van der Waals surface area contributed by atoms with Gasteiger partial charge in [0.25, 0.3) is 0 Å². The van der Waals surface area contributed by atoms with E-state index < -0.39 is 5.60 Å². The molecule has 9 unspecified atom stereocenters. The lowest BCUT2D eigenvalue weighted by Crippen LogP contribution is -2.74. The maximum atomic E-state index is 10.4. The topological polar surface area (TPSA) is 38.7 Å². The highest BCUT2D eigenvalue weighted by Crippen LogP contribution is 2.72. The number of hydrogen-bond acceptors (Lipinski definition) is 3. The van der Waals surface area contributed by atoms with Gasteiger partial charge in [0.1, 0.15) is 11.2 Å². The predicted octanol–water partition coefficient (Wildman–Crippen LogP) is 6.84. The van der Waals surface area contributed by atoms with Crippen LogP contribution in [0.25, 0.3) is 0 Å². The molecule has 1 N–H and O–H groups in total. The van der Waals surface area contributed by atoms with E-state index in [0.29, 0.717) is 23.7 Å². The molecule has 0 amide bonds. The van der Waals surface area contributed by atoms with E-state index in [1.807, 2.05) is 0 Å². The van der Waals surface area contributed by atoms with Gasteiger partial charge in [-0.15, -0.1) is 0 Å². The summed E-state index contributed by atoms with van der Waals surface area (Å²) in [6, 6.07) is 0. The Bertz CT molecular complexity index is 717. The smallest absolute Gasteiger partial charge is 0.130 e. The molecule has 4 aliphatic carbocycles. The van der Waals surface area contributed by atoms with E-state index in [2.05, 4.69) is 46.8 Å². The summed E-state index contributed by atoms with van der Waals surface area (Å²) in [5.74, 6) is 3.45. The monoisotopic (exact) mass is 430 g/mol. The van der Waals surface area contributed by atoms with Crippen molar-refractivity contribution in [3.8, 4) is 0 Å². The fraction of sp³-hybridized carbons (Fsp3) is 0.929. The highest BCUT2D eigenvalue weighted by atomic mass is 17.2. The van der Waals surface area contributed by atoms with Crippen LogP contribution in [0.3, 0.4) is 0 Å². The summed E-state index contributed by atoms with van der Waals surface area (Å²) in [6.45, 7) is 12.3. The van der Waals surface area contributed by atoms with Gasteiger partial charge in [-0.05, 0) is 67.8 Å². The second-order valence-corrected chi connectivity index (χ2v) is 13.0. The number of hydrogen-bond donors (Lipinski definition) is 1. The van der Waals surface area contributed by atoms with Gasteiger partial charge in [0, 0.05) is 23.7 Å². The van der Waals surface area contributed by atoms with Crippen LogP contribution in [0.2, 0.25) is 0 Å². The van der Waals surface area contributed by atoms with Crippen molar-refractivity contribution in [1.29, 1.82) is 0 Å². The van der Waals surface area contributed by atoms with Crippen LogP contribution in [0.4, 0.5) is 0 Å². The first-order chi connectivity index (χ1) is 14.7. The number of aliphatic hydroxyl groups is 1. The summed E-state index contributed by atoms with van der Waals surface area (Å²) < 4.78 is 0. The lowest BCUT2D eigenvalue weighted by Gasteiger charge is -2.71. The predicted molar refractivity (Wildman–Crippen MR) is 124 cm³/mol. The van der Waals surface area contributed by atoms with Crippen LogP contribution in [0.15, 0.2) is 12.2 Å². The summed E-state index contributed by atoms with van der Waals surface area (Å²) in [6.07, 6.45) is 17.8. The largest absolute Gasteiger partial charge is 0.393 e. The van der Waals surface area contributed by atoms with E-state index in [0.717, 1.165) is 30.6 Å². The van der Waals surface area contributed by atoms with Gasteiger partial charge in [-0.2, -0.15) is 0 Å². The molecule has 1 saturated heterocycles. The molecule has 2 aliphatic heterocycles.